The zero-order chi connectivity index (χ0) is 15.2. The minimum atomic E-state index is -1.25. The molecule has 0 aliphatic carbocycles. The second-order valence-corrected chi connectivity index (χ2v) is 4.96. The predicted molar refractivity (Wildman–Crippen MR) is 75.6 cm³/mol. The van der Waals surface area contributed by atoms with E-state index < -0.39 is 12.0 Å². The summed E-state index contributed by atoms with van der Waals surface area (Å²) in [7, 11) is 0. The molecule has 0 radical (unpaired) electrons. The standard InChI is InChI=1S/C14H18N2O5/c17-12-4-3-10(6-11(12)13(18)19)16-14(20)15-7-9-2-1-5-21-8-9/h3-4,6,9,17H,1-2,5,7-8H2,(H,18,19)(H2,15,16,20). The average Bonchev–Trinajstić information content (AvgIpc) is 2.48. The third kappa shape index (κ3) is 4.35. The van der Waals surface area contributed by atoms with Crippen molar-refractivity contribution in [2.45, 2.75) is 12.8 Å². The Kier molecular flexibility index (Phi) is 4.99. The van der Waals surface area contributed by atoms with Gasteiger partial charge in [0.1, 0.15) is 11.3 Å². The molecule has 7 heteroatoms. The van der Waals surface area contributed by atoms with E-state index in [1.165, 1.54) is 18.2 Å². The third-order valence-electron chi connectivity index (χ3n) is 3.29. The maximum Gasteiger partial charge on any atom is 0.339 e. The van der Waals surface area contributed by atoms with Gasteiger partial charge < -0.3 is 25.6 Å². The number of ether oxygens (including phenoxy) is 1. The van der Waals surface area contributed by atoms with Gasteiger partial charge in [-0.15, -0.1) is 0 Å². The van der Waals surface area contributed by atoms with Crippen LogP contribution in [-0.2, 0) is 4.74 Å². The van der Waals surface area contributed by atoms with Crippen LogP contribution in [0.15, 0.2) is 18.2 Å². The van der Waals surface area contributed by atoms with Crippen LogP contribution in [0, 0.1) is 5.92 Å². The van der Waals surface area contributed by atoms with Crippen molar-refractivity contribution in [2.75, 3.05) is 25.1 Å². The molecule has 0 aromatic heterocycles. The first-order chi connectivity index (χ1) is 10.1. The normalized spacial score (nSPS) is 18.0. The molecule has 1 fully saturated rings. The summed E-state index contributed by atoms with van der Waals surface area (Å²) in [6.07, 6.45) is 2.01. The van der Waals surface area contributed by atoms with Gasteiger partial charge >= 0.3 is 12.0 Å². The summed E-state index contributed by atoms with van der Waals surface area (Å²) in [4.78, 5) is 22.6. The first-order valence-corrected chi connectivity index (χ1v) is 6.75. The SMILES string of the molecule is O=C(NCC1CCCOC1)Nc1ccc(O)c(C(=O)O)c1. The molecule has 2 rings (SSSR count). The summed E-state index contributed by atoms with van der Waals surface area (Å²) in [5.74, 6) is -1.29. The summed E-state index contributed by atoms with van der Waals surface area (Å²) in [5, 5.41) is 23.5. The van der Waals surface area contributed by atoms with E-state index in [2.05, 4.69) is 10.6 Å². The lowest BCUT2D eigenvalue weighted by Crippen LogP contribution is -2.35. The van der Waals surface area contributed by atoms with Crippen molar-refractivity contribution in [3.63, 3.8) is 0 Å². The molecule has 4 N–H and O–H groups in total. The van der Waals surface area contributed by atoms with E-state index >= 15 is 0 Å². The highest BCUT2D eigenvalue weighted by atomic mass is 16.5. The molecule has 21 heavy (non-hydrogen) atoms. The van der Waals surface area contributed by atoms with Gasteiger partial charge in [-0.3, -0.25) is 0 Å². The Bertz CT molecular complexity index is 526. The van der Waals surface area contributed by atoms with E-state index in [0.717, 1.165) is 19.4 Å². The molecule has 1 aromatic carbocycles. The molecule has 0 spiro atoms. The summed E-state index contributed by atoms with van der Waals surface area (Å²) >= 11 is 0. The Labute approximate surface area is 121 Å². The first kappa shape index (κ1) is 15.1. The second-order valence-electron chi connectivity index (χ2n) is 4.96. The highest BCUT2D eigenvalue weighted by Crippen LogP contribution is 2.21. The van der Waals surface area contributed by atoms with Gasteiger partial charge in [0.15, 0.2) is 0 Å². The number of phenols is 1. The molecular weight excluding hydrogens is 276 g/mol. The van der Waals surface area contributed by atoms with Gasteiger partial charge in [-0.1, -0.05) is 0 Å². The monoisotopic (exact) mass is 294 g/mol. The number of urea groups is 1. The number of aromatic hydroxyl groups is 1. The lowest BCUT2D eigenvalue weighted by Gasteiger charge is -2.22. The largest absolute Gasteiger partial charge is 0.507 e. The van der Waals surface area contributed by atoms with Gasteiger partial charge in [0, 0.05) is 18.8 Å². The first-order valence-electron chi connectivity index (χ1n) is 6.75. The van der Waals surface area contributed by atoms with Crippen LogP contribution in [-0.4, -0.2) is 42.0 Å². The van der Waals surface area contributed by atoms with E-state index in [4.69, 9.17) is 9.84 Å². The van der Waals surface area contributed by atoms with Gasteiger partial charge in [-0.25, -0.2) is 9.59 Å². The number of carbonyl (C=O) groups excluding carboxylic acids is 1. The number of anilines is 1. The fraction of sp³-hybridized carbons (Fsp3) is 0.429. The number of rotatable bonds is 4. The van der Waals surface area contributed by atoms with Crippen molar-refractivity contribution in [3.8, 4) is 5.75 Å². The molecule has 0 bridgehead atoms. The molecule has 1 aromatic rings. The number of carboxylic acid groups (broad SMARTS) is 1. The topological polar surface area (TPSA) is 108 Å². The van der Waals surface area contributed by atoms with E-state index in [9.17, 15) is 14.7 Å². The van der Waals surface area contributed by atoms with Gasteiger partial charge in [-0.05, 0) is 37.0 Å². The van der Waals surface area contributed by atoms with E-state index in [0.29, 0.717) is 24.8 Å². The zero-order valence-corrected chi connectivity index (χ0v) is 11.5. The number of carboxylic acids is 1. The molecule has 114 valence electrons. The summed E-state index contributed by atoms with van der Waals surface area (Å²) in [6.45, 7) is 1.92. The van der Waals surface area contributed by atoms with Crippen LogP contribution in [0.3, 0.4) is 0 Å². The lowest BCUT2D eigenvalue weighted by atomic mass is 10.0. The third-order valence-corrected chi connectivity index (χ3v) is 3.29. The van der Waals surface area contributed by atoms with E-state index in [1.807, 2.05) is 0 Å². The van der Waals surface area contributed by atoms with E-state index in [1.54, 1.807) is 0 Å². The van der Waals surface area contributed by atoms with Crippen molar-refractivity contribution >= 4 is 17.7 Å². The Balaban J connectivity index is 1.87. The Morgan fingerprint density at radius 2 is 2.19 bits per heavy atom. The quantitative estimate of drug-likeness (QED) is 0.631. The second kappa shape index (κ2) is 6.94. The highest BCUT2D eigenvalue weighted by molar-refractivity contribution is 5.95. The van der Waals surface area contributed by atoms with Gasteiger partial charge in [0.2, 0.25) is 0 Å². The average molecular weight is 294 g/mol. The van der Waals surface area contributed by atoms with Gasteiger partial charge in [0.05, 0.1) is 6.61 Å². The maximum absolute atomic E-state index is 11.7. The smallest absolute Gasteiger partial charge is 0.339 e. The maximum atomic E-state index is 11.7. The lowest BCUT2D eigenvalue weighted by molar-refractivity contribution is 0.0559. The molecule has 1 aliphatic heterocycles. The number of carbonyl (C=O) groups is 2. The highest BCUT2D eigenvalue weighted by Gasteiger charge is 2.15. The van der Waals surface area contributed by atoms with Crippen molar-refractivity contribution in [1.82, 2.24) is 5.32 Å². The van der Waals surface area contributed by atoms with Crippen LogP contribution < -0.4 is 10.6 Å². The van der Waals surface area contributed by atoms with Gasteiger partial charge in [0.25, 0.3) is 0 Å². The van der Waals surface area contributed by atoms with Gasteiger partial charge in [-0.2, -0.15) is 0 Å². The minimum Gasteiger partial charge on any atom is -0.507 e. The number of hydrogen-bond donors (Lipinski definition) is 4. The number of hydrogen-bond acceptors (Lipinski definition) is 4. The van der Waals surface area contributed by atoms with Crippen molar-refractivity contribution in [1.29, 1.82) is 0 Å². The number of benzene rings is 1. The molecule has 7 nitrogen and oxygen atoms in total. The van der Waals surface area contributed by atoms with Crippen LogP contribution in [0.1, 0.15) is 23.2 Å². The molecule has 1 aliphatic rings. The number of nitrogens with one attached hydrogen (secondary N) is 2. The van der Waals surface area contributed by atoms with Crippen LogP contribution in [0.4, 0.5) is 10.5 Å². The summed E-state index contributed by atoms with van der Waals surface area (Å²) in [6, 6.07) is 3.46. The van der Waals surface area contributed by atoms with Crippen LogP contribution in [0.5, 0.6) is 5.75 Å². The number of amides is 2. The molecule has 0 saturated carbocycles. The Morgan fingerprint density at radius 1 is 1.38 bits per heavy atom. The Hall–Kier alpha value is -2.28. The van der Waals surface area contributed by atoms with Crippen molar-refractivity contribution in [3.05, 3.63) is 23.8 Å². The molecular formula is C14H18N2O5. The van der Waals surface area contributed by atoms with Crippen LogP contribution >= 0.6 is 0 Å². The summed E-state index contributed by atoms with van der Waals surface area (Å²) in [5.41, 5.74) is 0.0519. The summed E-state index contributed by atoms with van der Waals surface area (Å²) < 4.78 is 5.32. The van der Waals surface area contributed by atoms with Crippen LogP contribution in [0.2, 0.25) is 0 Å². The van der Waals surface area contributed by atoms with Crippen molar-refractivity contribution < 1.29 is 24.5 Å². The minimum absolute atomic E-state index is 0.256. The molecule has 1 heterocycles. The van der Waals surface area contributed by atoms with Crippen molar-refractivity contribution in [2.24, 2.45) is 5.92 Å². The fourth-order valence-corrected chi connectivity index (χ4v) is 2.17. The Morgan fingerprint density at radius 3 is 2.86 bits per heavy atom. The zero-order valence-electron chi connectivity index (χ0n) is 11.5. The molecule has 1 saturated heterocycles. The molecule has 1 unspecified atom stereocenters. The molecule has 1 atom stereocenters. The molecule has 2 amide bonds. The van der Waals surface area contributed by atoms with Crippen LogP contribution in [0.25, 0.3) is 0 Å². The predicted octanol–water partition coefficient (Wildman–Crippen LogP) is 1.64. The number of aromatic carboxylic acids is 1. The fourth-order valence-electron chi connectivity index (χ4n) is 2.17. The van der Waals surface area contributed by atoms with E-state index in [-0.39, 0.29) is 11.3 Å².